The molecule has 1 aromatic carbocycles. The molecule has 148 valence electrons. The number of hydrogen-bond acceptors (Lipinski definition) is 5. The Morgan fingerprint density at radius 3 is 2.93 bits per heavy atom. The molecule has 0 aliphatic carbocycles. The summed E-state index contributed by atoms with van der Waals surface area (Å²) < 4.78 is 13.6. The number of para-hydroxylation sites is 1. The maximum Gasteiger partial charge on any atom is 0.165 e. The van der Waals surface area contributed by atoms with Gasteiger partial charge in [0.25, 0.3) is 0 Å². The highest BCUT2D eigenvalue weighted by Gasteiger charge is 2.36. The van der Waals surface area contributed by atoms with Crippen molar-refractivity contribution in [2.24, 2.45) is 5.92 Å². The summed E-state index contributed by atoms with van der Waals surface area (Å²) in [6.07, 6.45) is 7.26. The fraction of sp³-hybridized carbons (Fsp3) is 0.571. The van der Waals surface area contributed by atoms with Crippen LogP contribution in [0, 0.1) is 5.92 Å². The van der Waals surface area contributed by atoms with Gasteiger partial charge in [-0.05, 0) is 31.7 Å². The van der Waals surface area contributed by atoms with Crippen LogP contribution in [0.5, 0.6) is 11.5 Å². The number of imidazole rings is 1. The average molecular weight is 373 g/mol. The van der Waals surface area contributed by atoms with Crippen LogP contribution >= 0.6 is 0 Å². The Bertz CT molecular complexity index is 715. The predicted octanol–water partition coefficient (Wildman–Crippen LogP) is 2.95. The SMILES string of the molecule is CC[C@@H]1CN(Cc2cccc(OC)c2OCCn2ccnc2)CC[C@]1(C)O. The molecule has 2 atom stereocenters. The topological polar surface area (TPSA) is 59.8 Å². The zero-order valence-electron chi connectivity index (χ0n) is 16.6. The van der Waals surface area contributed by atoms with Crippen molar-refractivity contribution in [3.63, 3.8) is 0 Å². The van der Waals surface area contributed by atoms with Gasteiger partial charge < -0.3 is 19.1 Å². The quantitative estimate of drug-likeness (QED) is 0.771. The average Bonchev–Trinajstić information content (AvgIpc) is 3.17. The van der Waals surface area contributed by atoms with Crippen molar-refractivity contribution >= 4 is 0 Å². The minimum Gasteiger partial charge on any atom is -0.493 e. The second-order valence-corrected chi connectivity index (χ2v) is 7.54. The smallest absolute Gasteiger partial charge is 0.165 e. The number of benzene rings is 1. The summed E-state index contributed by atoms with van der Waals surface area (Å²) in [4.78, 5) is 6.47. The van der Waals surface area contributed by atoms with Crippen LogP contribution in [0.15, 0.2) is 36.9 Å². The van der Waals surface area contributed by atoms with E-state index < -0.39 is 5.60 Å². The lowest BCUT2D eigenvalue weighted by Gasteiger charge is -2.42. The van der Waals surface area contributed by atoms with Crippen molar-refractivity contribution in [1.29, 1.82) is 0 Å². The standard InChI is InChI=1S/C21H31N3O3/c1-4-18-15-24(10-8-21(18,2)25)14-17-6-5-7-19(26-3)20(17)27-13-12-23-11-9-22-16-23/h5-7,9,11,16,18,25H,4,8,10,12-15H2,1-3H3/t18-,21+/m1/s1. The van der Waals surface area contributed by atoms with Gasteiger partial charge in [0.2, 0.25) is 0 Å². The molecule has 0 amide bonds. The first-order valence-electron chi connectivity index (χ1n) is 9.72. The third-order valence-electron chi connectivity index (χ3n) is 5.61. The van der Waals surface area contributed by atoms with Crippen molar-refractivity contribution in [3.8, 4) is 11.5 Å². The van der Waals surface area contributed by atoms with Crippen molar-refractivity contribution in [2.45, 2.75) is 45.4 Å². The Hall–Kier alpha value is -2.05. The molecule has 6 heteroatoms. The van der Waals surface area contributed by atoms with Gasteiger partial charge in [-0.15, -0.1) is 0 Å². The first-order valence-corrected chi connectivity index (χ1v) is 9.72. The fourth-order valence-corrected chi connectivity index (χ4v) is 3.82. The molecule has 1 saturated heterocycles. The summed E-state index contributed by atoms with van der Waals surface area (Å²) in [5.74, 6) is 1.86. The molecule has 0 unspecified atom stereocenters. The van der Waals surface area contributed by atoms with Crippen LogP contribution < -0.4 is 9.47 Å². The largest absolute Gasteiger partial charge is 0.493 e. The molecular weight excluding hydrogens is 342 g/mol. The van der Waals surface area contributed by atoms with Crippen molar-refractivity contribution in [3.05, 3.63) is 42.5 Å². The molecule has 6 nitrogen and oxygen atoms in total. The number of piperidine rings is 1. The highest BCUT2D eigenvalue weighted by molar-refractivity contribution is 5.46. The van der Waals surface area contributed by atoms with Crippen molar-refractivity contribution in [1.82, 2.24) is 14.5 Å². The van der Waals surface area contributed by atoms with Crippen molar-refractivity contribution in [2.75, 3.05) is 26.8 Å². The van der Waals surface area contributed by atoms with E-state index in [0.717, 1.165) is 56.1 Å². The van der Waals surface area contributed by atoms with Gasteiger partial charge >= 0.3 is 0 Å². The number of methoxy groups -OCH3 is 1. The molecule has 2 heterocycles. The molecule has 1 aliphatic rings. The molecule has 0 bridgehead atoms. The van der Waals surface area contributed by atoms with Crippen LogP contribution in [0.2, 0.25) is 0 Å². The highest BCUT2D eigenvalue weighted by Crippen LogP contribution is 2.35. The number of nitrogens with zero attached hydrogens (tertiary/aromatic N) is 3. The molecule has 3 rings (SSSR count). The van der Waals surface area contributed by atoms with E-state index in [-0.39, 0.29) is 0 Å². The zero-order chi connectivity index (χ0) is 19.3. The van der Waals surface area contributed by atoms with Gasteiger partial charge in [0, 0.05) is 37.6 Å². The Labute approximate surface area is 161 Å². The predicted molar refractivity (Wildman–Crippen MR) is 105 cm³/mol. The van der Waals surface area contributed by atoms with E-state index in [1.54, 1.807) is 19.6 Å². The van der Waals surface area contributed by atoms with Gasteiger partial charge in [-0.2, -0.15) is 0 Å². The number of hydrogen-bond donors (Lipinski definition) is 1. The highest BCUT2D eigenvalue weighted by atomic mass is 16.5. The maximum absolute atomic E-state index is 10.6. The van der Waals surface area contributed by atoms with Gasteiger partial charge in [-0.25, -0.2) is 4.98 Å². The second-order valence-electron chi connectivity index (χ2n) is 7.54. The summed E-state index contributed by atoms with van der Waals surface area (Å²) in [7, 11) is 1.67. The Kier molecular flexibility index (Phi) is 6.39. The maximum atomic E-state index is 10.6. The first kappa shape index (κ1) is 19.7. The van der Waals surface area contributed by atoms with E-state index in [9.17, 15) is 5.11 Å². The van der Waals surface area contributed by atoms with Crippen LogP contribution in [0.4, 0.5) is 0 Å². The van der Waals surface area contributed by atoms with Crippen LogP contribution in [0.3, 0.4) is 0 Å². The Morgan fingerprint density at radius 2 is 2.22 bits per heavy atom. The van der Waals surface area contributed by atoms with Crippen LogP contribution in [-0.4, -0.2) is 52.0 Å². The summed E-state index contributed by atoms with van der Waals surface area (Å²) >= 11 is 0. The van der Waals surface area contributed by atoms with Gasteiger partial charge in [0.05, 0.1) is 25.6 Å². The Balaban J connectivity index is 1.69. The molecule has 1 aromatic heterocycles. The summed E-state index contributed by atoms with van der Waals surface area (Å²) in [5.41, 5.74) is 0.556. The Morgan fingerprint density at radius 1 is 1.37 bits per heavy atom. The molecule has 1 N–H and O–H groups in total. The molecule has 1 fully saturated rings. The molecule has 0 saturated carbocycles. The summed E-state index contributed by atoms with van der Waals surface area (Å²) in [6, 6.07) is 6.04. The minimum absolute atomic E-state index is 0.294. The number of aromatic nitrogens is 2. The minimum atomic E-state index is -0.566. The third kappa shape index (κ3) is 4.82. The molecule has 1 aliphatic heterocycles. The van der Waals surface area contributed by atoms with E-state index in [1.807, 2.05) is 29.8 Å². The van der Waals surface area contributed by atoms with E-state index in [2.05, 4.69) is 22.9 Å². The van der Waals surface area contributed by atoms with Crippen LogP contribution in [0.1, 0.15) is 32.3 Å². The molecule has 2 aromatic rings. The van der Waals surface area contributed by atoms with E-state index >= 15 is 0 Å². The summed E-state index contributed by atoms with van der Waals surface area (Å²) in [5, 5.41) is 10.6. The molecule has 0 radical (unpaired) electrons. The van der Waals surface area contributed by atoms with Gasteiger partial charge in [-0.1, -0.05) is 19.1 Å². The molecule has 0 spiro atoms. The van der Waals surface area contributed by atoms with E-state index in [1.165, 1.54) is 0 Å². The van der Waals surface area contributed by atoms with E-state index in [4.69, 9.17) is 9.47 Å². The lowest BCUT2D eigenvalue weighted by molar-refractivity contribution is -0.0609. The lowest BCUT2D eigenvalue weighted by Crippen LogP contribution is -2.49. The number of rotatable bonds is 8. The number of ether oxygens (including phenoxy) is 2. The summed E-state index contributed by atoms with van der Waals surface area (Å²) in [6.45, 7) is 7.99. The third-order valence-corrected chi connectivity index (χ3v) is 5.61. The number of aliphatic hydroxyl groups is 1. The number of likely N-dealkylation sites (tertiary alicyclic amines) is 1. The molecule has 27 heavy (non-hydrogen) atoms. The molecular formula is C21H31N3O3. The van der Waals surface area contributed by atoms with Gasteiger partial charge in [0.1, 0.15) is 6.61 Å². The van der Waals surface area contributed by atoms with Crippen LogP contribution in [-0.2, 0) is 13.1 Å². The first-order chi connectivity index (χ1) is 13.0. The zero-order valence-corrected chi connectivity index (χ0v) is 16.6. The fourth-order valence-electron chi connectivity index (χ4n) is 3.82. The van der Waals surface area contributed by atoms with Gasteiger partial charge in [0.15, 0.2) is 11.5 Å². The second kappa shape index (κ2) is 8.76. The van der Waals surface area contributed by atoms with E-state index in [0.29, 0.717) is 12.5 Å². The monoisotopic (exact) mass is 373 g/mol. The van der Waals surface area contributed by atoms with Gasteiger partial charge in [-0.3, -0.25) is 4.90 Å². The lowest BCUT2D eigenvalue weighted by atomic mass is 9.81. The normalized spacial score (nSPS) is 23.3. The van der Waals surface area contributed by atoms with Crippen LogP contribution in [0.25, 0.3) is 0 Å². The van der Waals surface area contributed by atoms with Crippen molar-refractivity contribution < 1.29 is 14.6 Å².